The molecule has 0 atom stereocenters. The van der Waals surface area contributed by atoms with Crippen LogP contribution in [-0.4, -0.2) is 11.6 Å². The van der Waals surface area contributed by atoms with Crippen LogP contribution in [0.2, 0.25) is 5.02 Å². The van der Waals surface area contributed by atoms with Crippen LogP contribution in [0.5, 0.6) is 0 Å². The molecule has 130 valence electrons. The van der Waals surface area contributed by atoms with Gasteiger partial charge in [0.2, 0.25) is 0 Å². The maximum Gasteiger partial charge on any atom is 0.416 e. The summed E-state index contributed by atoms with van der Waals surface area (Å²) >= 11 is 6.16. The number of carbonyl (C=O) groups is 1. The van der Waals surface area contributed by atoms with E-state index < -0.39 is 17.6 Å². The van der Waals surface area contributed by atoms with Crippen molar-refractivity contribution >= 4 is 28.9 Å². The minimum Gasteiger partial charge on any atom is -0.326 e. The third kappa shape index (κ3) is 3.52. The van der Waals surface area contributed by atoms with E-state index in [0.29, 0.717) is 22.8 Å². The molecule has 2 N–H and O–H groups in total. The Hall–Kier alpha value is -2.38. The Bertz CT molecular complexity index is 864. The van der Waals surface area contributed by atoms with Crippen molar-refractivity contribution in [1.29, 1.82) is 0 Å². The highest BCUT2D eigenvalue weighted by atomic mass is 35.5. The van der Waals surface area contributed by atoms with Crippen LogP contribution in [0.4, 0.5) is 18.9 Å². The summed E-state index contributed by atoms with van der Waals surface area (Å²) in [4.78, 5) is 12.2. The highest BCUT2D eigenvalue weighted by molar-refractivity contribution is 6.35. The fourth-order valence-electron chi connectivity index (χ4n) is 2.52. The fourth-order valence-corrected chi connectivity index (χ4v) is 2.74. The van der Waals surface area contributed by atoms with Crippen LogP contribution >= 0.6 is 11.6 Å². The fraction of sp³-hybridized carbons (Fsp3) is 0.176. The van der Waals surface area contributed by atoms with Gasteiger partial charge < -0.3 is 5.73 Å². The predicted octanol–water partition coefficient (Wildman–Crippen LogP) is 3.96. The zero-order chi connectivity index (χ0) is 18.2. The van der Waals surface area contributed by atoms with Crippen molar-refractivity contribution in [1.82, 2.24) is 0 Å². The van der Waals surface area contributed by atoms with Crippen molar-refractivity contribution in [2.45, 2.75) is 19.1 Å². The first-order valence-corrected chi connectivity index (χ1v) is 7.74. The molecule has 0 radical (unpaired) electrons. The van der Waals surface area contributed by atoms with Crippen molar-refractivity contribution in [3.63, 3.8) is 0 Å². The molecule has 0 unspecified atom stereocenters. The van der Waals surface area contributed by atoms with E-state index in [2.05, 4.69) is 5.10 Å². The van der Waals surface area contributed by atoms with Gasteiger partial charge in [-0.05, 0) is 35.9 Å². The van der Waals surface area contributed by atoms with Crippen molar-refractivity contribution in [2.24, 2.45) is 10.8 Å². The summed E-state index contributed by atoms with van der Waals surface area (Å²) in [5, 5.41) is 5.54. The summed E-state index contributed by atoms with van der Waals surface area (Å²) in [6.45, 7) is 0.294. The van der Waals surface area contributed by atoms with Gasteiger partial charge >= 0.3 is 6.18 Å². The van der Waals surface area contributed by atoms with Crippen molar-refractivity contribution < 1.29 is 18.0 Å². The van der Waals surface area contributed by atoms with Crippen LogP contribution in [0.25, 0.3) is 0 Å². The molecular formula is C17H13ClF3N3O. The summed E-state index contributed by atoms with van der Waals surface area (Å²) < 4.78 is 38.6. The van der Waals surface area contributed by atoms with E-state index in [1.165, 1.54) is 12.1 Å². The first kappa shape index (κ1) is 17.4. The van der Waals surface area contributed by atoms with Crippen molar-refractivity contribution in [2.75, 3.05) is 5.01 Å². The van der Waals surface area contributed by atoms with Crippen molar-refractivity contribution in [3.8, 4) is 0 Å². The number of anilines is 1. The van der Waals surface area contributed by atoms with E-state index in [-0.39, 0.29) is 12.1 Å². The molecule has 0 bridgehead atoms. The van der Waals surface area contributed by atoms with Gasteiger partial charge in [0.05, 0.1) is 23.4 Å². The largest absolute Gasteiger partial charge is 0.416 e. The zero-order valence-electron chi connectivity index (χ0n) is 12.8. The molecule has 0 fully saturated rings. The number of benzene rings is 2. The number of carbonyl (C=O) groups excluding carboxylic acids is 1. The van der Waals surface area contributed by atoms with Gasteiger partial charge in [0.15, 0.2) is 0 Å². The Labute approximate surface area is 146 Å². The Morgan fingerprint density at radius 3 is 2.64 bits per heavy atom. The lowest BCUT2D eigenvalue weighted by Crippen LogP contribution is -2.20. The maximum absolute atomic E-state index is 12.9. The third-order valence-electron chi connectivity index (χ3n) is 3.77. The van der Waals surface area contributed by atoms with Gasteiger partial charge in [0.25, 0.3) is 5.91 Å². The van der Waals surface area contributed by atoms with Crippen LogP contribution in [-0.2, 0) is 17.5 Å². The molecule has 1 heterocycles. The number of halogens is 4. The number of rotatable bonds is 3. The molecule has 1 amide bonds. The van der Waals surface area contributed by atoms with Gasteiger partial charge in [-0.1, -0.05) is 23.7 Å². The van der Waals surface area contributed by atoms with Crippen LogP contribution in [0.15, 0.2) is 47.6 Å². The molecule has 1 aliphatic heterocycles. The van der Waals surface area contributed by atoms with Crippen LogP contribution < -0.4 is 10.7 Å². The number of nitrogens with zero attached hydrogens (tertiary/aromatic N) is 2. The molecule has 2 aromatic carbocycles. The number of hydrogen-bond donors (Lipinski definition) is 1. The molecule has 4 nitrogen and oxygen atoms in total. The van der Waals surface area contributed by atoms with Crippen molar-refractivity contribution in [3.05, 3.63) is 64.2 Å². The van der Waals surface area contributed by atoms with Gasteiger partial charge in [-0.25, -0.2) is 5.01 Å². The second kappa shape index (κ2) is 6.50. The van der Waals surface area contributed by atoms with Gasteiger partial charge in [-0.3, -0.25) is 4.79 Å². The Morgan fingerprint density at radius 2 is 1.96 bits per heavy atom. The number of alkyl halides is 3. The average Bonchev–Trinajstić information content (AvgIpc) is 2.96. The van der Waals surface area contributed by atoms with Crippen LogP contribution in [0.3, 0.4) is 0 Å². The standard InChI is InChI=1S/C17H13ClF3N3O/c18-14-5-4-10(9-22)6-13(14)15-8-16(25)24(23-15)12-3-1-2-11(7-12)17(19,20)21/h1-7H,8-9,22H2. The monoisotopic (exact) mass is 367 g/mol. The van der Waals surface area contributed by atoms with E-state index in [9.17, 15) is 18.0 Å². The van der Waals surface area contributed by atoms with Gasteiger partial charge in [0.1, 0.15) is 0 Å². The number of nitrogens with two attached hydrogens (primary N) is 1. The molecule has 0 aromatic heterocycles. The normalized spacial score (nSPS) is 14.8. The second-order valence-electron chi connectivity index (χ2n) is 5.50. The lowest BCUT2D eigenvalue weighted by Gasteiger charge is -2.14. The summed E-state index contributed by atoms with van der Waals surface area (Å²) in [6, 6.07) is 9.60. The van der Waals surface area contributed by atoms with Crippen LogP contribution in [0.1, 0.15) is 23.1 Å². The Balaban J connectivity index is 1.99. The highest BCUT2D eigenvalue weighted by Crippen LogP contribution is 2.33. The van der Waals surface area contributed by atoms with Gasteiger partial charge in [-0.2, -0.15) is 18.3 Å². The molecule has 2 aromatic rings. The first-order chi connectivity index (χ1) is 11.8. The molecule has 0 aliphatic carbocycles. The first-order valence-electron chi connectivity index (χ1n) is 7.36. The molecule has 3 rings (SSSR count). The quantitative estimate of drug-likeness (QED) is 0.892. The maximum atomic E-state index is 12.9. The summed E-state index contributed by atoms with van der Waals surface area (Å²) in [5.74, 6) is -0.427. The van der Waals surface area contributed by atoms with E-state index in [4.69, 9.17) is 17.3 Å². The summed E-state index contributed by atoms with van der Waals surface area (Å²) in [7, 11) is 0. The van der Waals surface area contributed by atoms with E-state index in [0.717, 1.165) is 22.7 Å². The number of hydrazone groups is 1. The minimum absolute atomic E-state index is 0.0516. The molecule has 0 saturated heterocycles. The summed E-state index contributed by atoms with van der Waals surface area (Å²) in [5.41, 5.74) is 6.57. The SMILES string of the molecule is NCc1ccc(Cl)c(C2=NN(c3cccc(C(F)(F)F)c3)C(=O)C2)c1. The lowest BCUT2D eigenvalue weighted by molar-refractivity contribution is -0.137. The molecule has 25 heavy (non-hydrogen) atoms. The smallest absolute Gasteiger partial charge is 0.326 e. The molecule has 1 aliphatic rings. The average molecular weight is 368 g/mol. The number of amides is 1. The third-order valence-corrected chi connectivity index (χ3v) is 4.10. The van der Waals surface area contributed by atoms with Gasteiger partial charge in [0, 0.05) is 17.1 Å². The minimum atomic E-state index is -4.50. The Kier molecular flexibility index (Phi) is 4.53. The van der Waals surface area contributed by atoms with Crippen LogP contribution in [0, 0.1) is 0 Å². The second-order valence-corrected chi connectivity index (χ2v) is 5.90. The van der Waals surface area contributed by atoms with Gasteiger partial charge in [-0.15, -0.1) is 0 Å². The van der Waals surface area contributed by atoms with E-state index in [1.807, 2.05) is 0 Å². The van der Waals surface area contributed by atoms with E-state index in [1.54, 1.807) is 18.2 Å². The Morgan fingerprint density at radius 1 is 1.20 bits per heavy atom. The predicted molar refractivity (Wildman–Crippen MR) is 89.4 cm³/mol. The molecule has 0 saturated carbocycles. The molecular weight excluding hydrogens is 355 g/mol. The lowest BCUT2D eigenvalue weighted by atomic mass is 10.0. The van der Waals surface area contributed by atoms with E-state index >= 15 is 0 Å². The zero-order valence-corrected chi connectivity index (χ0v) is 13.6. The number of hydrogen-bond acceptors (Lipinski definition) is 3. The summed E-state index contributed by atoms with van der Waals surface area (Å²) in [6.07, 6.45) is -4.55. The highest BCUT2D eigenvalue weighted by Gasteiger charge is 2.33. The topological polar surface area (TPSA) is 58.7 Å². The molecule has 0 spiro atoms. The molecule has 8 heteroatoms.